The molecule has 22 heavy (non-hydrogen) atoms. The summed E-state index contributed by atoms with van der Waals surface area (Å²) in [7, 11) is 2.12. The van der Waals surface area contributed by atoms with E-state index in [0.29, 0.717) is 4.96 Å². The molecule has 0 aliphatic heterocycles. The highest BCUT2D eigenvalue weighted by atomic mass is 32.1. The minimum Gasteiger partial charge on any atom is -0.353 e. The van der Waals surface area contributed by atoms with E-state index in [1.54, 1.807) is 0 Å². The normalized spacial score (nSPS) is 17.6. The second-order valence-electron chi connectivity index (χ2n) is 5.72. The van der Waals surface area contributed by atoms with Crippen molar-refractivity contribution < 1.29 is 0 Å². The molecule has 1 aliphatic rings. The quantitative estimate of drug-likeness (QED) is 0.788. The zero-order chi connectivity index (χ0) is 15.3. The first kappa shape index (κ1) is 13.5. The predicted molar refractivity (Wildman–Crippen MR) is 86.6 cm³/mol. The molecule has 3 aromatic rings. The number of rotatable bonds is 2. The number of anilines is 1. The molecule has 0 aromatic carbocycles. The largest absolute Gasteiger partial charge is 0.353 e. The molecule has 6 nitrogen and oxygen atoms in total. The van der Waals surface area contributed by atoms with Crippen LogP contribution in [-0.4, -0.2) is 19.2 Å². The summed E-state index contributed by atoms with van der Waals surface area (Å²) in [6.07, 6.45) is 4.89. The van der Waals surface area contributed by atoms with E-state index >= 15 is 0 Å². The maximum Gasteiger partial charge on any atom is 0.275 e. The Morgan fingerprint density at radius 1 is 1.45 bits per heavy atom. The van der Waals surface area contributed by atoms with Crippen molar-refractivity contribution in [3.63, 3.8) is 0 Å². The van der Waals surface area contributed by atoms with E-state index in [2.05, 4.69) is 40.0 Å². The van der Waals surface area contributed by atoms with Gasteiger partial charge in [0, 0.05) is 30.7 Å². The number of hydrogen-bond donors (Lipinski definition) is 1. The fourth-order valence-corrected chi connectivity index (χ4v) is 3.98. The highest BCUT2D eigenvalue weighted by Crippen LogP contribution is 2.34. The van der Waals surface area contributed by atoms with Gasteiger partial charge in [0.1, 0.15) is 0 Å². The van der Waals surface area contributed by atoms with Crippen LogP contribution in [0.15, 0.2) is 23.1 Å². The van der Waals surface area contributed by atoms with Gasteiger partial charge >= 0.3 is 0 Å². The van der Waals surface area contributed by atoms with Gasteiger partial charge in [-0.1, -0.05) is 11.3 Å². The summed E-state index contributed by atoms with van der Waals surface area (Å²) in [4.78, 5) is 16.6. The highest BCUT2D eigenvalue weighted by Gasteiger charge is 2.24. The Kier molecular flexibility index (Phi) is 3.04. The van der Waals surface area contributed by atoms with Crippen LogP contribution in [0, 0.1) is 6.92 Å². The fourth-order valence-electron chi connectivity index (χ4n) is 3.16. The summed E-state index contributed by atoms with van der Waals surface area (Å²) in [5, 5.41) is 8.58. The van der Waals surface area contributed by atoms with Crippen molar-refractivity contribution in [2.75, 3.05) is 5.32 Å². The maximum absolute atomic E-state index is 11.8. The lowest BCUT2D eigenvalue weighted by atomic mass is 9.93. The van der Waals surface area contributed by atoms with Crippen LogP contribution in [0.5, 0.6) is 0 Å². The SMILES string of the molecule is Cc1cc2c(n1C)CCCC2Nc1nn2c(=O)ccnc2s1. The predicted octanol–water partition coefficient (Wildman–Crippen LogP) is 2.29. The van der Waals surface area contributed by atoms with Crippen molar-refractivity contribution in [1.82, 2.24) is 19.2 Å². The Morgan fingerprint density at radius 2 is 2.32 bits per heavy atom. The van der Waals surface area contributed by atoms with Gasteiger partial charge in [0.15, 0.2) is 0 Å². The van der Waals surface area contributed by atoms with Gasteiger partial charge in [0.2, 0.25) is 10.1 Å². The number of nitrogens with zero attached hydrogens (tertiary/aromatic N) is 4. The van der Waals surface area contributed by atoms with Crippen LogP contribution in [0.25, 0.3) is 4.96 Å². The Hall–Kier alpha value is -2.15. The molecule has 0 bridgehead atoms. The molecule has 0 radical (unpaired) electrons. The molecule has 3 aromatic heterocycles. The van der Waals surface area contributed by atoms with Crippen LogP contribution in [0.2, 0.25) is 0 Å². The Balaban J connectivity index is 1.70. The second kappa shape index (κ2) is 4.95. The Bertz CT molecular complexity index is 906. The van der Waals surface area contributed by atoms with Crippen LogP contribution in [0.4, 0.5) is 5.13 Å². The van der Waals surface area contributed by atoms with Crippen LogP contribution in [0.1, 0.15) is 35.8 Å². The van der Waals surface area contributed by atoms with Crippen molar-refractivity contribution in [2.45, 2.75) is 32.2 Å². The van der Waals surface area contributed by atoms with E-state index in [1.807, 2.05) is 0 Å². The number of nitrogens with one attached hydrogen (secondary N) is 1. The topological polar surface area (TPSA) is 64.2 Å². The lowest BCUT2D eigenvalue weighted by molar-refractivity contribution is 0.577. The van der Waals surface area contributed by atoms with E-state index in [9.17, 15) is 4.79 Å². The zero-order valence-corrected chi connectivity index (χ0v) is 13.4. The smallest absolute Gasteiger partial charge is 0.275 e. The number of hydrogen-bond acceptors (Lipinski definition) is 5. The summed E-state index contributed by atoms with van der Waals surface area (Å²) >= 11 is 1.41. The first-order valence-electron chi connectivity index (χ1n) is 7.40. The molecule has 0 saturated carbocycles. The van der Waals surface area contributed by atoms with E-state index in [-0.39, 0.29) is 11.6 Å². The molecule has 1 atom stereocenters. The van der Waals surface area contributed by atoms with Crippen molar-refractivity contribution in [1.29, 1.82) is 0 Å². The zero-order valence-electron chi connectivity index (χ0n) is 12.5. The summed E-state index contributed by atoms with van der Waals surface area (Å²) in [6, 6.07) is 3.93. The van der Waals surface area contributed by atoms with Crippen molar-refractivity contribution in [2.24, 2.45) is 7.05 Å². The average molecular weight is 315 g/mol. The summed E-state index contributed by atoms with van der Waals surface area (Å²) in [5.74, 6) is 0. The molecule has 4 rings (SSSR count). The van der Waals surface area contributed by atoms with Crippen molar-refractivity contribution in [3.8, 4) is 0 Å². The lowest BCUT2D eigenvalue weighted by Gasteiger charge is -2.24. The first-order chi connectivity index (χ1) is 10.6. The van der Waals surface area contributed by atoms with Gasteiger partial charge < -0.3 is 9.88 Å². The molecule has 0 fully saturated rings. The average Bonchev–Trinajstić information content (AvgIpc) is 3.04. The van der Waals surface area contributed by atoms with Gasteiger partial charge in [-0.2, -0.15) is 4.52 Å². The number of fused-ring (bicyclic) bond motifs is 2. The molecule has 1 aliphatic carbocycles. The van der Waals surface area contributed by atoms with Gasteiger partial charge in [-0.15, -0.1) is 5.10 Å². The van der Waals surface area contributed by atoms with Crippen LogP contribution < -0.4 is 10.9 Å². The van der Waals surface area contributed by atoms with Gasteiger partial charge in [-0.3, -0.25) is 4.79 Å². The van der Waals surface area contributed by atoms with Gasteiger partial charge in [-0.25, -0.2) is 4.98 Å². The molecule has 0 amide bonds. The first-order valence-corrected chi connectivity index (χ1v) is 8.21. The fraction of sp³-hybridized carbons (Fsp3) is 0.400. The second-order valence-corrected chi connectivity index (χ2v) is 6.68. The maximum atomic E-state index is 11.8. The number of aryl methyl sites for hydroxylation is 1. The van der Waals surface area contributed by atoms with Gasteiger partial charge in [-0.05, 0) is 37.8 Å². The van der Waals surface area contributed by atoms with E-state index in [4.69, 9.17) is 0 Å². The minimum atomic E-state index is -0.144. The van der Waals surface area contributed by atoms with Crippen LogP contribution in [-0.2, 0) is 13.5 Å². The summed E-state index contributed by atoms with van der Waals surface area (Å²) < 4.78 is 3.63. The van der Waals surface area contributed by atoms with Crippen LogP contribution >= 0.6 is 11.3 Å². The molecule has 0 spiro atoms. The Labute approximate surface area is 131 Å². The van der Waals surface area contributed by atoms with Crippen molar-refractivity contribution in [3.05, 3.63) is 45.6 Å². The summed E-state index contributed by atoms with van der Waals surface area (Å²) in [6.45, 7) is 2.14. The third-order valence-corrected chi connectivity index (χ3v) is 5.24. The summed E-state index contributed by atoms with van der Waals surface area (Å²) in [5.41, 5.74) is 3.89. The van der Waals surface area contributed by atoms with Gasteiger partial charge in [0.05, 0.1) is 6.04 Å². The lowest BCUT2D eigenvalue weighted by Crippen LogP contribution is -2.18. The third-order valence-electron chi connectivity index (χ3n) is 4.38. The molecular formula is C15H17N5OS. The van der Waals surface area contributed by atoms with Gasteiger partial charge in [0.25, 0.3) is 5.56 Å². The molecule has 1 N–H and O–H groups in total. The Morgan fingerprint density at radius 3 is 3.14 bits per heavy atom. The molecule has 114 valence electrons. The molecular weight excluding hydrogens is 298 g/mol. The standard InChI is InChI=1S/C15H17N5OS/c1-9-8-10-11(4-3-5-12(10)19(9)2)17-14-18-20-13(21)6-7-16-15(20)22-14/h6-8,11H,3-5H2,1-2H3,(H,17,18). The third kappa shape index (κ3) is 2.04. The number of aromatic nitrogens is 4. The highest BCUT2D eigenvalue weighted by molar-refractivity contribution is 7.20. The monoisotopic (exact) mass is 315 g/mol. The molecule has 3 heterocycles. The minimum absolute atomic E-state index is 0.144. The van der Waals surface area contributed by atoms with E-state index < -0.39 is 0 Å². The van der Waals surface area contributed by atoms with Crippen LogP contribution in [0.3, 0.4) is 0 Å². The van der Waals surface area contributed by atoms with Crippen molar-refractivity contribution >= 4 is 21.4 Å². The van der Waals surface area contributed by atoms with E-state index in [1.165, 1.54) is 45.1 Å². The van der Waals surface area contributed by atoms with E-state index in [0.717, 1.165) is 24.4 Å². The molecule has 7 heteroatoms. The molecule has 0 saturated heterocycles. The molecule has 1 unspecified atom stereocenters.